The smallest absolute Gasteiger partial charge is 0.237 e. The Balaban J connectivity index is 0.00000264. The molecule has 2 rings (SSSR count). The summed E-state index contributed by atoms with van der Waals surface area (Å²) in [6.07, 6.45) is 8.15. The maximum absolute atomic E-state index is 11.9. The van der Waals surface area contributed by atoms with Crippen molar-refractivity contribution < 1.29 is 9.53 Å². The third-order valence-electron chi connectivity index (χ3n) is 4.16. The highest BCUT2D eigenvalue weighted by molar-refractivity contribution is 5.85. The monoisotopic (exact) mass is 340 g/mol. The average Bonchev–Trinajstić information content (AvgIpc) is 2.56. The molecule has 0 spiro atoms. The van der Waals surface area contributed by atoms with Crippen molar-refractivity contribution in [3.8, 4) is 0 Å². The Morgan fingerprint density at radius 3 is 2.61 bits per heavy atom. The first kappa shape index (κ1) is 19.9. The lowest BCUT2D eigenvalue weighted by molar-refractivity contribution is -0.122. The van der Waals surface area contributed by atoms with Gasteiger partial charge in [-0.3, -0.25) is 4.79 Å². The minimum atomic E-state index is -0.485. The fourth-order valence-electron chi connectivity index (χ4n) is 2.86. The zero-order valence-corrected chi connectivity index (χ0v) is 14.5. The number of benzene rings is 1. The molecule has 0 aromatic heterocycles. The highest BCUT2D eigenvalue weighted by atomic mass is 35.5. The van der Waals surface area contributed by atoms with E-state index in [0.29, 0.717) is 19.1 Å². The summed E-state index contributed by atoms with van der Waals surface area (Å²) in [5.41, 5.74) is 7.03. The van der Waals surface area contributed by atoms with E-state index in [1.54, 1.807) is 0 Å². The van der Waals surface area contributed by atoms with Crippen LogP contribution in [0.5, 0.6) is 0 Å². The Hall–Kier alpha value is -1.10. The third kappa shape index (κ3) is 7.82. The molecule has 3 N–H and O–H groups in total. The number of hydrogen-bond acceptors (Lipinski definition) is 3. The van der Waals surface area contributed by atoms with Gasteiger partial charge in [0, 0.05) is 13.2 Å². The molecule has 5 heteroatoms. The molecule has 1 aromatic rings. The number of nitrogens with two attached hydrogens (primary N) is 1. The molecule has 1 aliphatic carbocycles. The summed E-state index contributed by atoms with van der Waals surface area (Å²) in [7, 11) is 0. The number of carbonyl (C=O) groups excluding carboxylic acids is 1. The summed E-state index contributed by atoms with van der Waals surface area (Å²) in [5.74, 6) is -0.0819. The Morgan fingerprint density at radius 1 is 1.22 bits per heavy atom. The first-order valence-corrected chi connectivity index (χ1v) is 8.44. The lowest BCUT2D eigenvalue weighted by Crippen LogP contribution is -2.42. The largest absolute Gasteiger partial charge is 0.378 e. The number of carbonyl (C=O) groups is 1. The van der Waals surface area contributed by atoms with E-state index >= 15 is 0 Å². The maximum Gasteiger partial charge on any atom is 0.237 e. The zero-order valence-electron chi connectivity index (χ0n) is 13.7. The van der Waals surface area contributed by atoms with E-state index in [4.69, 9.17) is 10.5 Å². The van der Waals surface area contributed by atoms with Crippen LogP contribution < -0.4 is 11.1 Å². The molecular formula is C18H29ClN2O2. The molecule has 0 saturated heterocycles. The molecule has 23 heavy (non-hydrogen) atoms. The molecule has 1 unspecified atom stereocenters. The van der Waals surface area contributed by atoms with Crippen LogP contribution in [-0.2, 0) is 16.0 Å². The van der Waals surface area contributed by atoms with Crippen molar-refractivity contribution in [2.75, 3.05) is 13.2 Å². The first-order chi connectivity index (χ1) is 10.8. The topological polar surface area (TPSA) is 64.4 Å². The third-order valence-corrected chi connectivity index (χ3v) is 4.16. The standard InChI is InChI=1S/C18H28N2O2.ClH/c19-17(14-15-8-3-1-4-9-15)18(21)20-12-7-13-22-16-10-5-2-6-11-16;/h1,3-4,8-9,16-17H,2,5-7,10-14,19H2,(H,20,21);1H. The van der Waals surface area contributed by atoms with Gasteiger partial charge in [-0.2, -0.15) is 0 Å². The number of ether oxygens (including phenoxy) is 1. The summed E-state index contributed by atoms with van der Waals surface area (Å²) in [5, 5.41) is 2.90. The van der Waals surface area contributed by atoms with Gasteiger partial charge in [-0.25, -0.2) is 0 Å². The van der Waals surface area contributed by atoms with E-state index in [1.807, 2.05) is 30.3 Å². The van der Waals surface area contributed by atoms with Crippen molar-refractivity contribution in [3.05, 3.63) is 35.9 Å². The fourth-order valence-corrected chi connectivity index (χ4v) is 2.86. The lowest BCUT2D eigenvalue weighted by Gasteiger charge is -2.22. The van der Waals surface area contributed by atoms with Gasteiger partial charge in [-0.1, -0.05) is 49.6 Å². The van der Waals surface area contributed by atoms with Crippen molar-refractivity contribution in [1.82, 2.24) is 5.32 Å². The number of rotatable bonds is 8. The Labute approximate surface area is 145 Å². The number of amides is 1. The normalized spacial score (nSPS) is 16.4. The Kier molecular flexibility index (Phi) is 9.92. The van der Waals surface area contributed by atoms with Crippen LogP contribution in [0.1, 0.15) is 44.1 Å². The Bertz CT molecular complexity index is 436. The SMILES string of the molecule is Cl.NC(Cc1ccccc1)C(=O)NCCCOC1CCCCC1. The van der Waals surface area contributed by atoms with E-state index < -0.39 is 6.04 Å². The van der Waals surface area contributed by atoms with E-state index in [-0.39, 0.29) is 18.3 Å². The number of hydrogen-bond donors (Lipinski definition) is 2. The summed E-state index contributed by atoms with van der Waals surface area (Å²) in [6.45, 7) is 1.35. The highest BCUT2D eigenvalue weighted by Crippen LogP contribution is 2.20. The predicted molar refractivity (Wildman–Crippen MR) is 95.8 cm³/mol. The molecule has 0 bridgehead atoms. The summed E-state index contributed by atoms with van der Waals surface area (Å²) in [4.78, 5) is 11.9. The average molecular weight is 341 g/mol. The van der Waals surface area contributed by atoms with E-state index in [1.165, 1.54) is 32.1 Å². The number of halogens is 1. The van der Waals surface area contributed by atoms with Gasteiger partial charge in [0.05, 0.1) is 12.1 Å². The predicted octanol–water partition coefficient (Wildman–Crippen LogP) is 2.83. The van der Waals surface area contributed by atoms with Crippen molar-refractivity contribution >= 4 is 18.3 Å². The van der Waals surface area contributed by atoms with Crippen molar-refractivity contribution in [2.45, 2.75) is 57.1 Å². The van der Waals surface area contributed by atoms with Gasteiger partial charge in [0.15, 0.2) is 0 Å². The summed E-state index contributed by atoms with van der Waals surface area (Å²) < 4.78 is 5.84. The second-order valence-electron chi connectivity index (χ2n) is 6.07. The van der Waals surface area contributed by atoms with E-state index in [2.05, 4.69) is 5.32 Å². The van der Waals surface area contributed by atoms with Gasteiger partial charge >= 0.3 is 0 Å². The summed E-state index contributed by atoms with van der Waals surface area (Å²) >= 11 is 0. The van der Waals surface area contributed by atoms with Gasteiger partial charge in [0.1, 0.15) is 0 Å². The minimum Gasteiger partial charge on any atom is -0.378 e. The highest BCUT2D eigenvalue weighted by Gasteiger charge is 2.14. The molecule has 0 aliphatic heterocycles. The second kappa shape index (κ2) is 11.4. The van der Waals surface area contributed by atoms with Crippen LogP contribution in [-0.4, -0.2) is 31.2 Å². The molecule has 0 heterocycles. The van der Waals surface area contributed by atoms with E-state index in [9.17, 15) is 4.79 Å². The first-order valence-electron chi connectivity index (χ1n) is 8.44. The second-order valence-corrected chi connectivity index (χ2v) is 6.07. The van der Waals surface area contributed by atoms with Crippen molar-refractivity contribution in [2.24, 2.45) is 5.73 Å². The van der Waals surface area contributed by atoms with Gasteiger partial charge in [-0.05, 0) is 31.2 Å². The van der Waals surface area contributed by atoms with Gasteiger partial charge in [0.25, 0.3) is 0 Å². The van der Waals surface area contributed by atoms with E-state index in [0.717, 1.165) is 18.6 Å². The lowest BCUT2D eigenvalue weighted by atomic mass is 9.98. The molecule has 1 aliphatic rings. The molecule has 0 radical (unpaired) electrons. The number of nitrogens with one attached hydrogen (secondary N) is 1. The fraction of sp³-hybridized carbons (Fsp3) is 0.611. The summed E-state index contributed by atoms with van der Waals surface area (Å²) in [6, 6.07) is 9.38. The van der Waals surface area contributed by atoms with Gasteiger partial charge in [0.2, 0.25) is 5.91 Å². The molecule has 130 valence electrons. The van der Waals surface area contributed by atoms with Crippen molar-refractivity contribution in [3.63, 3.8) is 0 Å². The molecule has 1 saturated carbocycles. The minimum absolute atomic E-state index is 0. The molecule has 4 nitrogen and oxygen atoms in total. The zero-order chi connectivity index (χ0) is 15.6. The Morgan fingerprint density at radius 2 is 1.91 bits per heavy atom. The molecule has 1 amide bonds. The van der Waals surface area contributed by atoms with Crippen LogP contribution in [0.2, 0.25) is 0 Å². The quantitative estimate of drug-likeness (QED) is 0.715. The van der Waals surface area contributed by atoms with Gasteiger partial charge in [-0.15, -0.1) is 12.4 Å². The van der Waals surface area contributed by atoms with Crippen LogP contribution in [0.3, 0.4) is 0 Å². The van der Waals surface area contributed by atoms with Crippen LogP contribution >= 0.6 is 12.4 Å². The molecular weight excluding hydrogens is 312 g/mol. The molecule has 1 aromatic carbocycles. The van der Waals surface area contributed by atoms with Crippen molar-refractivity contribution in [1.29, 1.82) is 0 Å². The van der Waals surface area contributed by atoms with Gasteiger partial charge < -0.3 is 15.8 Å². The van der Waals surface area contributed by atoms with Crippen LogP contribution in [0.25, 0.3) is 0 Å². The van der Waals surface area contributed by atoms with Crippen LogP contribution in [0, 0.1) is 0 Å². The molecule has 1 atom stereocenters. The molecule has 1 fully saturated rings. The van der Waals surface area contributed by atoms with Crippen LogP contribution in [0.15, 0.2) is 30.3 Å². The maximum atomic E-state index is 11.9. The van der Waals surface area contributed by atoms with Crippen LogP contribution in [0.4, 0.5) is 0 Å².